The van der Waals surface area contributed by atoms with Crippen LogP contribution in [-0.2, 0) is 0 Å². The van der Waals surface area contributed by atoms with Gasteiger partial charge in [-0.1, -0.05) is 140 Å². The summed E-state index contributed by atoms with van der Waals surface area (Å²) in [6.45, 7) is 0. The van der Waals surface area contributed by atoms with Crippen LogP contribution in [0, 0.1) is 0 Å². The molecule has 0 aliphatic carbocycles. The summed E-state index contributed by atoms with van der Waals surface area (Å²) in [7, 11) is 0. The second kappa shape index (κ2) is 10.8. The van der Waals surface area contributed by atoms with Crippen LogP contribution in [0.2, 0.25) is 0 Å². The lowest BCUT2D eigenvalue weighted by atomic mass is 9.83. The Morgan fingerprint density at radius 3 is 1.54 bits per heavy atom. The van der Waals surface area contributed by atoms with Crippen LogP contribution in [0.1, 0.15) is 0 Å². The average Bonchev–Trinajstić information content (AvgIpc) is 3.14. The van der Waals surface area contributed by atoms with Crippen molar-refractivity contribution in [2.24, 2.45) is 0 Å². The Hall–Kier alpha value is -6.05. The molecule has 0 aliphatic heterocycles. The van der Waals surface area contributed by atoms with E-state index in [2.05, 4.69) is 169 Å². The van der Waals surface area contributed by atoms with Crippen LogP contribution in [-0.4, -0.2) is 4.98 Å². The number of fused-ring (bicyclic) bond motifs is 5. The molecule has 0 fully saturated rings. The molecular weight excluding hydrogens is 555 g/mol. The van der Waals surface area contributed by atoms with E-state index in [4.69, 9.17) is 0 Å². The van der Waals surface area contributed by atoms with Crippen molar-refractivity contribution in [1.82, 2.24) is 4.98 Å². The molecule has 0 amide bonds. The lowest BCUT2D eigenvalue weighted by Crippen LogP contribution is -1.93. The van der Waals surface area contributed by atoms with Gasteiger partial charge in [-0.25, -0.2) is 0 Å². The van der Waals surface area contributed by atoms with Crippen molar-refractivity contribution in [1.29, 1.82) is 0 Å². The standard InChI is InChI=1S/C45H29N/c1-2-10-33(11-3-1)44-39-16-8-9-17-40(39)45(42-29-35-12-4-5-13-36(35)37-14-6-7-15-38(37)42)41-23-22-34(28-43(41)44)31-20-18-30(19-21-31)32-24-26-46-27-25-32/h1-29H. The maximum atomic E-state index is 4.18. The summed E-state index contributed by atoms with van der Waals surface area (Å²) in [5.41, 5.74) is 9.81. The largest absolute Gasteiger partial charge is 0.265 e. The minimum atomic E-state index is 1.17. The van der Waals surface area contributed by atoms with Gasteiger partial charge in [0, 0.05) is 12.4 Å². The van der Waals surface area contributed by atoms with Crippen molar-refractivity contribution in [3.05, 3.63) is 176 Å². The molecule has 1 aromatic heterocycles. The van der Waals surface area contributed by atoms with E-state index in [0.29, 0.717) is 0 Å². The van der Waals surface area contributed by atoms with E-state index in [-0.39, 0.29) is 0 Å². The predicted octanol–water partition coefficient (Wildman–Crippen LogP) is 12.4. The van der Waals surface area contributed by atoms with Crippen LogP contribution >= 0.6 is 0 Å². The molecule has 1 nitrogen and oxygen atoms in total. The van der Waals surface area contributed by atoms with Crippen LogP contribution in [0.25, 0.3) is 87.6 Å². The number of rotatable bonds is 4. The lowest BCUT2D eigenvalue weighted by Gasteiger charge is -2.20. The maximum absolute atomic E-state index is 4.18. The van der Waals surface area contributed by atoms with E-state index >= 15 is 0 Å². The van der Waals surface area contributed by atoms with Crippen LogP contribution in [0.5, 0.6) is 0 Å². The zero-order chi connectivity index (χ0) is 30.5. The molecule has 0 saturated heterocycles. The molecule has 0 unspecified atom stereocenters. The number of hydrogen-bond acceptors (Lipinski definition) is 1. The van der Waals surface area contributed by atoms with Gasteiger partial charge in [0.2, 0.25) is 0 Å². The molecular formula is C45H29N. The molecule has 1 heterocycles. The van der Waals surface area contributed by atoms with Crippen LogP contribution < -0.4 is 0 Å². The Morgan fingerprint density at radius 2 is 0.804 bits per heavy atom. The van der Waals surface area contributed by atoms with E-state index in [1.807, 2.05) is 12.4 Å². The zero-order valence-corrected chi connectivity index (χ0v) is 25.2. The summed E-state index contributed by atoms with van der Waals surface area (Å²) in [5.74, 6) is 0. The van der Waals surface area contributed by atoms with Crippen molar-refractivity contribution in [3.63, 3.8) is 0 Å². The van der Waals surface area contributed by atoms with Gasteiger partial charge in [-0.05, 0) is 112 Å². The molecule has 0 spiro atoms. The molecule has 9 rings (SSSR count). The molecule has 0 radical (unpaired) electrons. The molecule has 8 aromatic carbocycles. The highest BCUT2D eigenvalue weighted by atomic mass is 14.6. The Labute approximate surface area is 268 Å². The van der Waals surface area contributed by atoms with Gasteiger partial charge in [0.25, 0.3) is 0 Å². The van der Waals surface area contributed by atoms with Crippen LogP contribution in [0.4, 0.5) is 0 Å². The zero-order valence-electron chi connectivity index (χ0n) is 25.2. The molecule has 1 heteroatoms. The molecule has 0 bridgehead atoms. The van der Waals surface area contributed by atoms with Gasteiger partial charge in [-0.2, -0.15) is 0 Å². The Bertz CT molecular complexity index is 2550. The first kappa shape index (κ1) is 26.4. The van der Waals surface area contributed by atoms with Crippen molar-refractivity contribution >= 4 is 43.1 Å². The van der Waals surface area contributed by atoms with Gasteiger partial charge in [0.1, 0.15) is 0 Å². The summed E-state index contributed by atoms with van der Waals surface area (Å²) >= 11 is 0. The van der Waals surface area contributed by atoms with Crippen molar-refractivity contribution in [3.8, 4) is 44.5 Å². The lowest BCUT2D eigenvalue weighted by molar-refractivity contribution is 1.33. The number of benzene rings is 8. The minimum absolute atomic E-state index is 1.17. The van der Waals surface area contributed by atoms with Gasteiger partial charge < -0.3 is 0 Å². The third-order valence-electron chi connectivity index (χ3n) is 9.36. The first-order valence-electron chi connectivity index (χ1n) is 15.8. The Kier molecular flexibility index (Phi) is 6.21. The monoisotopic (exact) mass is 583 g/mol. The summed E-state index contributed by atoms with van der Waals surface area (Å²) in [4.78, 5) is 4.18. The Balaban J connectivity index is 1.37. The summed E-state index contributed by atoms with van der Waals surface area (Å²) in [5, 5.41) is 10.1. The average molecular weight is 584 g/mol. The molecule has 0 atom stereocenters. The highest BCUT2D eigenvalue weighted by Crippen LogP contribution is 2.47. The fourth-order valence-corrected chi connectivity index (χ4v) is 7.22. The highest BCUT2D eigenvalue weighted by Gasteiger charge is 2.19. The number of nitrogens with zero attached hydrogens (tertiary/aromatic N) is 1. The number of pyridine rings is 1. The van der Waals surface area contributed by atoms with Crippen molar-refractivity contribution < 1.29 is 0 Å². The maximum Gasteiger partial charge on any atom is 0.0273 e. The van der Waals surface area contributed by atoms with E-state index in [1.165, 1.54) is 87.6 Å². The van der Waals surface area contributed by atoms with Gasteiger partial charge in [0.15, 0.2) is 0 Å². The summed E-state index contributed by atoms with van der Waals surface area (Å²) < 4.78 is 0. The van der Waals surface area contributed by atoms with Gasteiger partial charge in [-0.15, -0.1) is 0 Å². The number of aromatic nitrogens is 1. The van der Waals surface area contributed by atoms with E-state index in [1.54, 1.807) is 0 Å². The normalized spacial score (nSPS) is 11.5. The minimum Gasteiger partial charge on any atom is -0.265 e. The van der Waals surface area contributed by atoms with Gasteiger partial charge >= 0.3 is 0 Å². The third kappa shape index (κ3) is 4.29. The topological polar surface area (TPSA) is 12.9 Å². The smallest absolute Gasteiger partial charge is 0.0273 e. The molecule has 9 aromatic rings. The summed E-state index contributed by atoms with van der Waals surface area (Å²) in [6.07, 6.45) is 3.69. The summed E-state index contributed by atoms with van der Waals surface area (Å²) in [6, 6.07) is 59.8. The Morgan fingerprint density at radius 1 is 0.283 bits per heavy atom. The van der Waals surface area contributed by atoms with E-state index in [9.17, 15) is 0 Å². The molecule has 0 saturated carbocycles. The fraction of sp³-hybridized carbons (Fsp3) is 0. The van der Waals surface area contributed by atoms with Crippen LogP contribution in [0.15, 0.2) is 176 Å². The van der Waals surface area contributed by atoms with Crippen molar-refractivity contribution in [2.45, 2.75) is 0 Å². The first-order chi connectivity index (χ1) is 22.8. The third-order valence-corrected chi connectivity index (χ3v) is 9.36. The highest BCUT2D eigenvalue weighted by molar-refractivity contribution is 6.26. The quantitative estimate of drug-likeness (QED) is 0.148. The molecule has 0 N–H and O–H groups in total. The van der Waals surface area contributed by atoms with Crippen molar-refractivity contribution in [2.75, 3.05) is 0 Å². The van der Waals surface area contributed by atoms with E-state index in [0.717, 1.165) is 0 Å². The first-order valence-corrected chi connectivity index (χ1v) is 15.8. The van der Waals surface area contributed by atoms with Crippen LogP contribution in [0.3, 0.4) is 0 Å². The molecule has 214 valence electrons. The second-order valence-corrected chi connectivity index (χ2v) is 11.9. The van der Waals surface area contributed by atoms with Gasteiger partial charge in [0.05, 0.1) is 0 Å². The SMILES string of the molecule is c1ccc(-c2c3ccccc3c(-c3cc4ccccc4c4ccccc34)c3ccc(-c4ccc(-c5ccncc5)cc4)cc23)cc1. The number of hydrogen-bond donors (Lipinski definition) is 0. The fourth-order valence-electron chi connectivity index (χ4n) is 7.22. The van der Waals surface area contributed by atoms with E-state index < -0.39 is 0 Å². The molecule has 0 aliphatic rings. The second-order valence-electron chi connectivity index (χ2n) is 11.9. The molecule has 46 heavy (non-hydrogen) atoms. The predicted molar refractivity (Wildman–Crippen MR) is 196 cm³/mol. The van der Waals surface area contributed by atoms with Gasteiger partial charge in [-0.3, -0.25) is 4.98 Å².